The van der Waals surface area contributed by atoms with Gasteiger partial charge in [-0.2, -0.15) is 0 Å². The average molecular weight is 130 g/mol. The van der Waals surface area contributed by atoms with Gasteiger partial charge in [0.25, 0.3) is 0 Å². The summed E-state index contributed by atoms with van der Waals surface area (Å²) in [6.07, 6.45) is -0.991. The van der Waals surface area contributed by atoms with E-state index in [0.29, 0.717) is 0 Å². The molecule has 0 bridgehead atoms. The number of carbonyl (C=O) groups is 2. The Balaban J connectivity index is -0.0000000600. The first kappa shape index (κ1) is 10.6. The fourth-order valence-corrected chi connectivity index (χ4v) is 0.0874. The molecule has 0 atom stereocenters. The van der Waals surface area contributed by atoms with Crippen molar-refractivity contribution < 1.29 is 21.9 Å². The number of hydrogen-bond acceptors (Lipinski definition) is 4. The van der Waals surface area contributed by atoms with E-state index in [1.165, 1.54) is 0 Å². The van der Waals surface area contributed by atoms with E-state index in [4.69, 9.17) is 0 Å². The molecule has 0 fully saturated rings. The molecule has 0 spiro atoms. The molecule has 0 aromatic carbocycles. The van der Waals surface area contributed by atoms with Crippen LogP contribution in [0, 0.1) is 0 Å². The molecule has 0 amide bonds. The minimum Gasteiger partial charge on any atom is -1.00 e. The Bertz CT molecular complexity index is 88.6. The van der Waals surface area contributed by atoms with Crippen molar-refractivity contribution in [2.75, 3.05) is 7.11 Å². The second-order valence-electron chi connectivity index (χ2n) is 0.668. The van der Waals surface area contributed by atoms with Crippen LogP contribution >= 0.6 is 0 Å². The number of hydrogen-bond donors (Lipinski definition) is 0. The summed E-state index contributed by atoms with van der Waals surface area (Å²) in [6.45, 7) is 0.00579. The van der Waals surface area contributed by atoms with Gasteiger partial charge < -0.3 is 12.3 Å². The first-order valence-electron chi connectivity index (χ1n) is 1.49. The minimum absolute atomic E-state index is 0. The third-order valence-electron chi connectivity index (χ3n) is 0.311. The maximum Gasteiger partial charge on any atom is 2.00 e. The molecule has 0 rings (SSSR count). The summed E-state index contributed by atoms with van der Waals surface area (Å²) in [5.74, 6) is 0. The van der Waals surface area contributed by atoms with Gasteiger partial charge in [0.15, 0.2) is 0 Å². The van der Waals surface area contributed by atoms with E-state index in [9.17, 15) is 9.59 Å². The summed E-state index contributed by atoms with van der Waals surface area (Å²) in [6, 6.07) is 0. The molecule has 0 unspecified atom stereocenters. The van der Waals surface area contributed by atoms with Crippen LogP contribution in [-0.2, 0) is 14.3 Å². The first-order valence-corrected chi connectivity index (χ1v) is 1.49. The standard InChI is InChI=1S/C3H4O4.Mg.2H/c1-6-3(5)7-2-4;;;/h2H,1H3;;;/q;+2;2*-1. The van der Waals surface area contributed by atoms with Gasteiger partial charge in [-0.15, -0.1) is 0 Å². The van der Waals surface area contributed by atoms with E-state index in [2.05, 4.69) is 9.47 Å². The van der Waals surface area contributed by atoms with Gasteiger partial charge in [-0.25, -0.2) is 4.79 Å². The zero-order valence-electron chi connectivity index (χ0n) is 6.42. The molecule has 0 aliphatic carbocycles. The van der Waals surface area contributed by atoms with Crippen LogP contribution in [0.2, 0.25) is 0 Å². The van der Waals surface area contributed by atoms with E-state index in [1.54, 1.807) is 0 Å². The molecule has 0 aromatic rings. The van der Waals surface area contributed by atoms with Gasteiger partial charge in [0.2, 0.25) is 0 Å². The molecular formula is C3H6MgO4. The van der Waals surface area contributed by atoms with Crippen molar-refractivity contribution >= 4 is 35.7 Å². The summed E-state index contributed by atoms with van der Waals surface area (Å²) in [5, 5.41) is 0. The molecule has 0 saturated carbocycles. The Morgan fingerprint density at radius 1 is 1.75 bits per heavy atom. The number of carbonyl (C=O) groups excluding carboxylic acids is 2. The topological polar surface area (TPSA) is 52.6 Å². The van der Waals surface area contributed by atoms with Gasteiger partial charge in [0.05, 0.1) is 7.11 Å². The molecule has 0 radical (unpaired) electrons. The third-order valence-corrected chi connectivity index (χ3v) is 0.311. The second-order valence-corrected chi connectivity index (χ2v) is 0.668. The van der Waals surface area contributed by atoms with E-state index in [-0.39, 0.29) is 32.4 Å². The van der Waals surface area contributed by atoms with Crippen LogP contribution in [0.15, 0.2) is 0 Å². The molecule has 0 aliphatic rings. The van der Waals surface area contributed by atoms with Crippen molar-refractivity contribution in [2.45, 2.75) is 0 Å². The zero-order chi connectivity index (χ0) is 5.70. The van der Waals surface area contributed by atoms with E-state index >= 15 is 0 Å². The molecule has 0 aliphatic heterocycles. The normalized spacial score (nSPS) is 6.12. The van der Waals surface area contributed by atoms with Crippen LogP contribution in [0.5, 0.6) is 0 Å². The van der Waals surface area contributed by atoms with Crippen molar-refractivity contribution in [1.29, 1.82) is 0 Å². The summed E-state index contributed by atoms with van der Waals surface area (Å²) in [5.41, 5.74) is 0. The van der Waals surface area contributed by atoms with Crippen LogP contribution in [0.1, 0.15) is 2.85 Å². The van der Waals surface area contributed by atoms with Crippen LogP contribution in [0.4, 0.5) is 4.79 Å². The van der Waals surface area contributed by atoms with Gasteiger partial charge in [-0.3, -0.25) is 4.79 Å². The predicted molar refractivity (Wildman–Crippen MR) is 27.5 cm³/mol. The number of methoxy groups -OCH3 is 1. The minimum atomic E-state index is -0.991. The fourth-order valence-electron chi connectivity index (χ4n) is 0.0874. The number of ether oxygens (including phenoxy) is 2. The summed E-state index contributed by atoms with van der Waals surface area (Å²) in [7, 11) is 1.12. The molecule has 8 heavy (non-hydrogen) atoms. The van der Waals surface area contributed by atoms with Crippen molar-refractivity contribution in [3.63, 3.8) is 0 Å². The molecule has 0 N–H and O–H groups in total. The average Bonchev–Trinajstić information content (AvgIpc) is 1.68. The molecule has 0 saturated heterocycles. The van der Waals surface area contributed by atoms with Crippen LogP contribution in [0.3, 0.4) is 0 Å². The molecule has 5 heteroatoms. The van der Waals surface area contributed by atoms with Gasteiger partial charge in [0, 0.05) is 0 Å². The van der Waals surface area contributed by atoms with E-state index in [0.717, 1.165) is 7.11 Å². The van der Waals surface area contributed by atoms with Crippen molar-refractivity contribution in [3.8, 4) is 0 Å². The Hall–Kier alpha value is -0.294. The molecule has 0 heterocycles. The maximum absolute atomic E-state index is 9.74. The van der Waals surface area contributed by atoms with Gasteiger partial charge in [0.1, 0.15) is 0 Å². The SMILES string of the molecule is COC(=O)OC=O.[H-].[H-].[Mg+2]. The summed E-state index contributed by atoms with van der Waals surface area (Å²) >= 11 is 0. The van der Waals surface area contributed by atoms with E-state index < -0.39 is 6.16 Å². The molecule has 0 aromatic heterocycles. The first-order chi connectivity index (χ1) is 3.31. The van der Waals surface area contributed by atoms with Crippen LogP contribution in [0.25, 0.3) is 0 Å². The van der Waals surface area contributed by atoms with Gasteiger partial charge in [-0.1, -0.05) is 0 Å². The van der Waals surface area contributed by atoms with Crippen LogP contribution < -0.4 is 0 Å². The second kappa shape index (κ2) is 6.71. The fraction of sp³-hybridized carbons (Fsp3) is 0.333. The molecular weight excluding hydrogens is 124 g/mol. The quantitative estimate of drug-likeness (QED) is 0.213. The smallest absolute Gasteiger partial charge is 1.00 e. The third kappa shape index (κ3) is 5.71. The maximum atomic E-state index is 9.74. The van der Waals surface area contributed by atoms with Crippen molar-refractivity contribution in [1.82, 2.24) is 0 Å². The van der Waals surface area contributed by atoms with Crippen LogP contribution in [-0.4, -0.2) is 42.8 Å². The van der Waals surface area contributed by atoms with E-state index in [1.807, 2.05) is 0 Å². The van der Waals surface area contributed by atoms with Crippen molar-refractivity contribution in [2.24, 2.45) is 0 Å². The van der Waals surface area contributed by atoms with Gasteiger partial charge in [-0.05, 0) is 0 Å². The Morgan fingerprint density at radius 2 is 2.25 bits per heavy atom. The summed E-state index contributed by atoms with van der Waals surface area (Å²) < 4.78 is 7.55. The zero-order valence-corrected chi connectivity index (χ0v) is 5.83. The molecule has 44 valence electrons. The number of rotatable bonds is 1. The van der Waals surface area contributed by atoms with Gasteiger partial charge >= 0.3 is 35.7 Å². The molecule has 4 nitrogen and oxygen atoms in total. The Kier molecular flexibility index (Phi) is 8.92. The van der Waals surface area contributed by atoms with Crippen molar-refractivity contribution in [3.05, 3.63) is 0 Å². The Labute approximate surface area is 65.3 Å². The largest absolute Gasteiger partial charge is 2.00 e. The Morgan fingerprint density at radius 3 is 2.38 bits per heavy atom. The monoisotopic (exact) mass is 130 g/mol. The summed E-state index contributed by atoms with van der Waals surface area (Å²) in [4.78, 5) is 19.0. The predicted octanol–water partition coefficient (Wildman–Crippen LogP) is -0.230.